The predicted molar refractivity (Wildman–Crippen MR) is 88.7 cm³/mol. The van der Waals surface area contributed by atoms with E-state index in [1.807, 2.05) is 49.4 Å². The van der Waals surface area contributed by atoms with E-state index in [0.29, 0.717) is 0 Å². The van der Waals surface area contributed by atoms with Crippen LogP contribution in [0.25, 0.3) is 0 Å². The van der Waals surface area contributed by atoms with E-state index < -0.39 is 0 Å². The normalized spacial score (nSPS) is 14.2. The van der Waals surface area contributed by atoms with Crippen molar-refractivity contribution in [3.63, 3.8) is 0 Å². The highest BCUT2D eigenvalue weighted by Gasteiger charge is 2.15. The molecule has 1 heterocycles. The van der Waals surface area contributed by atoms with Crippen LogP contribution in [0.1, 0.15) is 34.5 Å². The lowest BCUT2D eigenvalue weighted by atomic mass is 10.1. The Morgan fingerprint density at radius 3 is 2.95 bits per heavy atom. The maximum Gasteiger partial charge on any atom is 0.251 e. The van der Waals surface area contributed by atoms with Gasteiger partial charge in [-0.3, -0.25) is 4.79 Å². The highest BCUT2D eigenvalue weighted by Crippen LogP contribution is 2.23. The van der Waals surface area contributed by atoms with Gasteiger partial charge in [0, 0.05) is 22.3 Å². The molecule has 4 heteroatoms. The summed E-state index contributed by atoms with van der Waals surface area (Å²) in [6, 6.07) is 13.8. The zero-order valence-electron chi connectivity index (χ0n) is 11.8. The molecule has 0 aromatic heterocycles. The van der Waals surface area contributed by atoms with Crippen molar-refractivity contribution in [3.05, 3.63) is 63.6 Å². The van der Waals surface area contributed by atoms with Gasteiger partial charge in [-0.2, -0.15) is 0 Å². The van der Waals surface area contributed by atoms with E-state index >= 15 is 0 Å². The molecule has 0 radical (unpaired) electrons. The van der Waals surface area contributed by atoms with E-state index in [1.165, 1.54) is 5.56 Å². The van der Waals surface area contributed by atoms with Gasteiger partial charge in [0.25, 0.3) is 5.91 Å². The quantitative estimate of drug-likeness (QED) is 0.886. The topological polar surface area (TPSA) is 41.1 Å². The second-order valence-corrected chi connectivity index (χ2v) is 6.21. The SMILES string of the molecule is C[C@@H](NC(=O)c1ccc2c(c1)CCN2)c1cccc(Br)c1. The summed E-state index contributed by atoms with van der Waals surface area (Å²) in [5, 5.41) is 6.35. The first-order valence-corrected chi connectivity index (χ1v) is 7.86. The third-order valence-corrected chi connectivity index (χ3v) is 4.27. The lowest BCUT2D eigenvalue weighted by molar-refractivity contribution is 0.0940. The maximum absolute atomic E-state index is 12.4. The molecular weight excluding hydrogens is 328 g/mol. The Labute approximate surface area is 132 Å². The lowest BCUT2D eigenvalue weighted by Crippen LogP contribution is -2.26. The molecule has 1 aliphatic rings. The van der Waals surface area contributed by atoms with Gasteiger partial charge in [0.05, 0.1) is 6.04 Å². The smallest absolute Gasteiger partial charge is 0.251 e. The number of anilines is 1. The summed E-state index contributed by atoms with van der Waals surface area (Å²) in [4.78, 5) is 12.4. The maximum atomic E-state index is 12.4. The molecule has 0 bridgehead atoms. The van der Waals surface area contributed by atoms with Gasteiger partial charge in [-0.1, -0.05) is 28.1 Å². The molecule has 1 aliphatic heterocycles. The van der Waals surface area contributed by atoms with Crippen LogP contribution in [0.4, 0.5) is 5.69 Å². The molecule has 0 spiro atoms. The number of carbonyl (C=O) groups is 1. The van der Waals surface area contributed by atoms with E-state index in [9.17, 15) is 4.79 Å². The van der Waals surface area contributed by atoms with Crippen molar-refractivity contribution >= 4 is 27.5 Å². The number of benzene rings is 2. The minimum atomic E-state index is -0.0304. The second kappa shape index (κ2) is 5.90. The van der Waals surface area contributed by atoms with Crippen LogP contribution in [-0.4, -0.2) is 12.5 Å². The van der Waals surface area contributed by atoms with Crippen LogP contribution >= 0.6 is 15.9 Å². The van der Waals surface area contributed by atoms with Crippen molar-refractivity contribution in [3.8, 4) is 0 Å². The number of halogens is 1. The molecule has 1 atom stereocenters. The van der Waals surface area contributed by atoms with Crippen molar-refractivity contribution in [2.45, 2.75) is 19.4 Å². The Hall–Kier alpha value is -1.81. The van der Waals surface area contributed by atoms with Crippen molar-refractivity contribution < 1.29 is 4.79 Å². The molecule has 2 aromatic rings. The fourth-order valence-electron chi connectivity index (χ4n) is 2.59. The first-order valence-electron chi connectivity index (χ1n) is 7.06. The third-order valence-electron chi connectivity index (χ3n) is 3.77. The minimum Gasteiger partial charge on any atom is -0.384 e. The summed E-state index contributed by atoms with van der Waals surface area (Å²) in [6.07, 6.45) is 0.984. The summed E-state index contributed by atoms with van der Waals surface area (Å²) in [5.74, 6) is -0.0304. The molecule has 1 amide bonds. The molecule has 0 saturated heterocycles. The summed E-state index contributed by atoms with van der Waals surface area (Å²) >= 11 is 3.46. The Morgan fingerprint density at radius 2 is 2.14 bits per heavy atom. The van der Waals surface area contributed by atoms with Crippen LogP contribution in [-0.2, 0) is 6.42 Å². The van der Waals surface area contributed by atoms with Crippen LogP contribution < -0.4 is 10.6 Å². The van der Waals surface area contributed by atoms with Crippen molar-refractivity contribution in [1.82, 2.24) is 5.32 Å². The summed E-state index contributed by atoms with van der Waals surface area (Å²) < 4.78 is 1.02. The number of amides is 1. The lowest BCUT2D eigenvalue weighted by Gasteiger charge is -2.15. The highest BCUT2D eigenvalue weighted by molar-refractivity contribution is 9.10. The van der Waals surface area contributed by atoms with E-state index in [1.54, 1.807) is 0 Å². The van der Waals surface area contributed by atoms with Crippen LogP contribution in [0.2, 0.25) is 0 Å². The number of nitrogens with one attached hydrogen (secondary N) is 2. The Balaban J connectivity index is 1.74. The van der Waals surface area contributed by atoms with Crippen molar-refractivity contribution in [2.75, 3.05) is 11.9 Å². The van der Waals surface area contributed by atoms with E-state index in [0.717, 1.165) is 34.3 Å². The molecule has 0 unspecified atom stereocenters. The van der Waals surface area contributed by atoms with Gasteiger partial charge in [-0.05, 0) is 54.8 Å². The summed E-state index contributed by atoms with van der Waals surface area (Å²) in [6.45, 7) is 2.95. The molecule has 0 aliphatic carbocycles. The van der Waals surface area contributed by atoms with Crippen LogP contribution in [0.3, 0.4) is 0 Å². The van der Waals surface area contributed by atoms with Gasteiger partial charge in [0.15, 0.2) is 0 Å². The predicted octanol–water partition coefficient (Wildman–Crippen LogP) is 3.91. The number of fused-ring (bicyclic) bond motifs is 1. The average molecular weight is 345 g/mol. The Kier molecular flexibility index (Phi) is 3.97. The zero-order chi connectivity index (χ0) is 14.8. The molecular formula is C17H17BrN2O. The molecule has 108 valence electrons. The fraction of sp³-hybridized carbons (Fsp3) is 0.235. The molecule has 2 aromatic carbocycles. The highest BCUT2D eigenvalue weighted by atomic mass is 79.9. The third kappa shape index (κ3) is 3.10. The fourth-order valence-corrected chi connectivity index (χ4v) is 3.00. The Morgan fingerprint density at radius 1 is 1.29 bits per heavy atom. The molecule has 0 saturated carbocycles. The van der Waals surface area contributed by atoms with Gasteiger partial charge < -0.3 is 10.6 Å². The zero-order valence-corrected chi connectivity index (χ0v) is 13.4. The average Bonchev–Trinajstić information content (AvgIpc) is 2.94. The van der Waals surface area contributed by atoms with Gasteiger partial charge in [-0.25, -0.2) is 0 Å². The largest absolute Gasteiger partial charge is 0.384 e. The number of hydrogen-bond acceptors (Lipinski definition) is 2. The number of carbonyl (C=O) groups excluding carboxylic acids is 1. The minimum absolute atomic E-state index is 0.0265. The monoisotopic (exact) mass is 344 g/mol. The first-order chi connectivity index (χ1) is 10.1. The Bertz CT molecular complexity index is 684. The molecule has 0 fully saturated rings. The van der Waals surface area contributed by atoms with Crippen molar-refractivity contribution in [2.24, 2.45) is 0 Å². The number of hydrogen-bond donors (Lipinski definition) is 2. The van der Waals surface area contributed by atoms with Crippen LogP contribution in [0.15, 0.2) is 46.9 Å². The van der Waals surface area contributed by atoms with E-state index in [2.05, 4.69) is 26.6 Å². The van der Waals surface area contributed by atoms with E-state index in [4.69, 9.17) is 0 Å². The van der Waals surface area contributed by atoms with Crippen LogP contribution in [0.5, 0.6) is 0 Å². The first kappa shape index (κ1) is 14.1. The second-order valence-electron chi connectivity index (χ2n) is 5.30. The number of rotatable bonds is 3. The van der Waals surface area contributed by atoms with Crippen molar-refractivity contribution in [1.29, 1.82) is 0 Å². The van der Waals surface area contributed by atoms with Crippen LogP contribution in [0, 0.1) is 0 Å². The molecule has 21 heavy (non-hydrogen) atoms. The molecule has 3 rings (SSSR count). The van der Waals surface area contributed by atoms with Gasteiger partial charge >= 0.3 is 0 Å². The van der Waals surface area contributed by atoms with Gasteiger partial charge in [0.1, 0.15) is 0 Å². The standard InChI is InChI=1S/C17H17BrN2O/c1-11(12-3-2-4-15(18)10-12)20-17(21)14-5-6-16-13(9-14)7-8-19-16/h2-6,9-11,19H,7-8H2,1H3,(H,20,21)/t11-/m1/s1. The molecule has 2 N–H and O–H groups in total. The summed E-state index contributed by atoms with van der Waals surface area (Å²) in [5.41, 5.74) is 4.17. The van der Waals surface area contributed by atoms with Gasteiger partial charge in [0.2, 0.25) is 0 Å². The summed E-state index contributed by atoms with van der Waals surface area (Å²) in [7, 11) is 0. The van der Waals surface area contributed by atoms with E-state index in [-0.39, 0.29) is 11.9 Å². The molecule has 3 nitrogen and oxygen atoms in total. The van der Waals surface area contributed by atoms with Gasteiger partial charge in [-0.15, -0.1) is 0 Å².